The predicted octanol–water partition coefficient (Wildman–Crippen LogP) is 5.82. The number of fused-ring (bicyclic) bond motifs is 3. The van der Waals surface area contributed by atoms with E-state index < -0.39 is 0 Å². The summed E-state index contributed by atoms with van der Waals surface area (Å²) in [6, 6.07) is 14.6. The molecule has 3 heteroatoms. The van der Waals surface area contributed by atoms with Gasteiger partial charge in [0.2, 0.25) is 0 Å². The van der Waals surface area contributed by atoms with Crippen LogP contribution in [0.3, 0.4) is 0 Å². The van der Waals surface area contributed by atoms with Crippen molar-refractivity contribution in [1.29, 1.82) is 0 Å². The normalized spacial score (nSPS) is 26.1. The van der Waals surface area contributed by atoms with E-state index in [0.717, 1.165) is 12.0 Å². The Balaban J connectivity index is 1.83. The van der Waals surface area contributed by atoms with E-state index in [4.69, 9.17) is 23.2 Å². The zero-order valence-corrected chi connectivity index (χ0v) is 12.9. The van der Waals surface area contributed by atoms with Crippen LogP contribution in [0, 0.1) is 5.92 Å². The van der Waals surface area contributed by atoms with Crippen molar-refractivity contribution in [2.24, 2.45) is 5.92 Å². The van der Waals surface area contributed by atoms with Crippen molar-refractivity contribution < 1.29 is 0 Å². The molecule has 0 aromatic heterocycles. The van der Waals surface area contributed by atoms with Gasteiger partial charge < -0.3 is 5.32 Å². The Bertz CT molecular complexity index is 723. The standard InChI is InChI=1S/C18H15Cl2N/c19-15-9-4-8-14(17(15)20)18-13-7-3-6-11(13)12-5-1-2-10-16(12)21-18/h1-6,8-11,13,18,21H,7H2/t11?,13?,18-/m0/s1. The molecule has 1 aliphatic heterocycles. The van der Waals surface area contributed by atoms with Gasteiger partial charge in [0.25, 0.3) is 0 Å². The molecule has 2 aliphatic rings. The quantitative estimate of drug-likeness (QED) is 0.654. The minimum atomic E-state index is 0.200. The van der Waals surface area contributed by atoms with Gasteiger partial charge in [0.15, 0.2) is 0 Å². The average molecular weight is 316 g/mol. The highest BCUT2D eigenvalue weighted by Gasteiger charge is 2.38. The van der Waals surface area contributed by atoms with Crippen molar-refractivity contribution in [3.63, 3.8) is 0 Å². The van der Waals surface area contributed by atoms with Crippen LogP contribution < -0.4 is 5.32 Å². The summed E-state index contributed by atoms with van der Waals surface area (Å²) in [6.07, 6.45) is 5.68. The number of para-hydroxylation sites is 1. The molecule has 2 unspecified atom stereocenters. The van der Waals surface area contributed by atoms with Gasteiger partial charge >= 0.3 is 0 Å². The summed E-state index contributed by atoms with van der Waals surface area (Å²) in [6.45, 7) is 0. The zero-order valence-electron chi connectivity index (χ0n) is 11.4. The highest BCUT2D eigenvalue weighted by atomic mass is 35.5. The molecule has 1 nitrogen and oxygen atoms in total. The number of hydrogen-bond donors (Lipinski definition) is 1. The molecule has 0 amide bonds. The fourth-order valence-corrected chi connectivity index (χ4v) is 4.04. The van der Waals surface area contributed by atoms with Crippen molar-refractivity contribution in [2.75, 3.05) is 5.32 Å². The fraction of sp³-hybridized carbons (Fsp3) is 0.222. The summed E-state index contributed by atoms with van der Waals surface area (Å²) in [4.78, 5) is 0. The van der Waals surface area contributed by atoms with E-state index >= 15 is 0 Å². The molecule has 0 fully saturated rings. The first kappa shape index (κ1) is 13.2. The molecule has 0 saturated carbocycles. The lowest BCUT2D eigenvalue weighted by Crippen LogP contribution is -2.29. The average Bonchev–Trinajstić information content (AvgIpc) is 2.99. The number of benzene rings is 2. The van der Waals surface area contributed by atoms with Gasteiger partial charge in [-0.3, -0.25) is 0 Å². The first-order valence-corrected chi connectivity index (χ1v) is 7.97. The summed E-state index contributed by atoms with van der Waals surface area (Å²) in [5.74, 6) is 0.957. The van der Waals surface area contributed by atoms with Gasteiger partial charge in [0.05, 0.1) is 16.1 Å². The van der Waals surface area contributed by atoms with Crippen LogP contribution >= 0.6 is 23.2 Å². The Morgan fingerprint density at radius 2 is 1.76 bits per heavy atom. The van der Waals surface area contributed by atoms with Gasteiger partial charge in [-0.25, -0.2) is 0 Å². The molecule has 2 aromatic rings. The third-order valence-electron chi connectivity index (χ3n) is 4.59. The Kier molecular flexibility index (Phi) is 3.20. The molecule has 106 valence electrons. The van der Waals surface area contributed by atoms with Gasteiger partial charge in [-0.15, -0.1) is 0 Å². The van der Waals surface area contributed by atoms with Crippen molar-refractivity contribution in [3.05, 3.63) is 75.8 Å². The van der Waals surface area contributed by atoms with Crippen LogP contribution in [0.25, 0.3) is 0 Å². The number of rotatable bonds is 1. The van der Waals surface area contributed by atoms with Crippen molar-refractivity contribution in [3.8, 4) is 0 Å². The molecule has 1 N–H and O–H groups in total. The van der Waals surface area contributed by atoms with Gasteiger partial charge in [0, 0.05) is 11.6 Å². The summed E-state index contributed by atoms with van der Waals surface area (Å²) in [5.41, 5.74) is 3.68. The second kappa shape index (κ2) is 5.08. The molecule has 2 aromatic carbocycles. The third kappa shape index (κ3) is 2.07. The SMILES string of the molecule is Clc1cccc([C@H]2Nc3ccccc3C3C=CCC32)c1Cl. The van der Waals surface area contributed by atoms with Crippen LogP contribution in [0.5, 0.6) is 0 Å². The molecular formula is C18H15Cl2N. The predicted molar refractivity (Wildman–Crippen MR) is 89.3 cm³/mol. The van der Waals surface area contributed by atoms with Gasteiger partial charge in [-0.05, 0) is 35.6 Å². The Morgan fingerprint density at radius 3 is 2.67 bits per heavy atom. The van der Waals surface area contributed by atoms with Gasteiger partial charge in [-0.2, -0.15) is 0 Å². The number of anilines is 1. The lowest BCUT2D eigenvalue weighted by Gasteiger charge is -2.37. The van der Waals surface area contributed by atoms with E-state index in [1.54, 1.807) is 0 Å². The minimum Gasteiger partial charge on any atom is -0.378 e. The minimum absolute atomic E-state index is 0.200. The van der Waals surface area contributed by atoms with Gasteiger partial charge in [0.1, 0.15) is 0 Å². The molecule has 1 heterocycles. The first-order valence-electron chi connectivity index (χ1n) is 7.22. The van der Waals surface area contributed by atoms with E-state index in [-0.39, 0.29) is 6.04 Å². The maximum atomic E-state index is 6.45. The highest BCUT2D eigenvalue weighted by molar-refractivity contribution is 6.42. The maximum Gasteiger partial charge on any atom is 0.0645 e. The molecule has 0 radical (unpaired) electrons. The number of hydrogen-bond acceptors (Lipinski definition) is 1. The highest BCUT2D eigenvalue weighted by Crippen LogP contribution is 2.51. The zero-order chi connectivity index (χ0) is 14.4. The van der Waals surface area contributed by atoms with Crippen LogP contribution in [0.15, 0.2) is 54.6 Å². The van der Waals surface area contributed by atoms with E-state index in [1.165, 1.54) is 11.3 Å². The summed E-state index contributed by atoms with van der Waals surface area (Å²) in [5, 5.41) is 4.96. The lowest BCUT2D eigenvalue weighted by atomic mass is 9.77. The molecular weight excluding hydrogens is 301 g/mol. The Hall–Kier alpha value is -1.44. The molecule has 21 heavy (non-hydrogen) atoms. The van der Waals surface area contributed by atoms with E-state index in [1.807, 2.05) is 12.1 Å². The van der Waals surface area contributed by atoms with Crippen LogP contribution in [-0.4, -0.2) is 0 Å². The summed E-state index contributed by atoms with van der Waals surface area (Å²) < 4.78 is 0. The number of allylic oxidation sites excluding steroid dienone is 2. The van der Waals surface area contributed by atoms with Crippen LogP contribution in [-0.2, 0) is 0 Å². The second-order valence-corrected chi connectivity index (χ2v) is 6.49. The summed E-state index contributed by atoms with van der Waals surface area (Å²) >= 11 is 12.7. The van der Waals surface area contributed by atoms with E-state index in [2.05, 4.69) is 47.8 Å². The number of halogens is 2. The lowest BCUT2D eigenvalue weighted by molar-refractivity contribution is 0.426. The van der Waals surface area contributed by atoms with E-state index in [0.29, 0.717) is 21.9 Å². The molecule has 0 saturated heterocycles. The molecule has 1 aliphatic carbocycles. The fourth-order valence-electron chi connectivity index (χ4n) is 3.61. The van der Waals surface area contributed by atoms with Crippen molar-refractivity contribution in [1.82, 2.24) is 0 Å². The van der Waals surface area contributed by atoms with E-state index in [9.17, 15) is 0 Å². The topological polar surface area (TPSA) is 12.0 Å². The Morgan fingerprint density at radius 1 is 0.952 bits per heavy atom. The molecule has 0 bridgehead atoms. The summed E-state index contributed by atoms with van der Waals surface area (Å²) in [7, 11) is 0. The molecule has 4 rings (SSSR count). The van der Waals surface area contributed by atoms with Gasteiger partial charge in [-0.1, -0.05) is 65.7 Å². The van der Waals surface area contributed by atoms with Crippen LogP contribution in [0.4, 0.5) is 5.69 Å². The van der Waals surface area contributed by atoms with Crippen LogP contribution in [0.2, 0.25) is 10.0 Å². The number of nitrogens with one attached hydrogen (secondary N) is 1. The largest absolute Gasteiger partial charge is 0.378 e. The first-order chi connectivity index (χ1) is 10.3. The molecule has 0 spiro atoms. The smallest absolute Gasteiger partial charge is 0.0645 e. The van der Waals surface area contributed by atoms with Crippen molar-refractivity contribution in [2.45, 2.75) is 18.4 Å². The van der Waals surface area contributed by atoms with Crippen molar-refractivity contribution >= 4 is 28.9 Å². The Labute approximate surface area is 134 Å². The molecule has 3 atom stereocenters. The van der Waals surface area contributed by atoms with Crippen LogP contribution in [0.1, 0.15) is 29.5 Å². The monoisotopic (exact) mass is 315 g/mol. The second-order valence-electron chi connectivity index (χ2n) is 5.71. The third-order valence-corrected chi connectivity index (χ3v) is 5.42. The maximum absolute atomic E-state index is 6.45.